The Morgan fingerprint density at radius 1 is 1.29 bits per heavy atom. The van der Waals surface area contributed by atoms with Crippen LogP contribution < -0.4 is 5.06 Å². The summed E-state index contributed by atoms with van der Waals surface area (Å²) in [7, 11) is 0. The first-order chi connectivity index (χ1) is 9.80. The number of alkyl halides is 1. The Balaban J connectivity index is 1.90. The molecule has 3 rings (SSSR count). The van der Waals surface area contributed by atoms with E-state index in [9.17, 15) is 10.0 Å². The molecular weight excluding hydrogens is 330 g/mol. The summed E-state index contributed by atoms with van der Waals surface area (Å²) in [4.78, 5) is 12.5. The molecule has 1 aromatic rings. The number of para-hydroxylation sites is 1. The molecule has 0 aliphatic heterocycles. The van der Waals surface area contributed by atoms with E-state index in [2.05, 4.69) is 36.7 Å². The Hall–Kier alpha value is -0.870. The molecule has 4 atom stereocenters. The zero-order valence-electron chi connectivity index (χ0n) is 12.7. The maximum atomic E-state index is 12.9. The smallest absolute Gasteiger partial charge is 0.145 e. The quantitative estimate of drug-likeness (QED) is 0.502. The zero-order valence-corrected chi connectivity index (χ0v) is 14.3. The van der Waals surface area contributed by atoms with Gasteiger partial charge in [-0.1, -0.05) is 54.9 Å². The summed E-state index contributed by atoms with van der Waals surface area (Å²) in [5, 5.41) is 11.7. The lowest BCUT2D eigenvalue weighted by Gasteiger charge is -2.33. The Morgan fingerprint density at radius 2 is 1.90 bits per heavy atom. The summed E-state index contributed by atoms with van der Waals surface area (Å²) in [5.74, 6) is 0.447. The molecule has 2 aliphatic carbocycles. The van der Waals surface area contributed by atoms with E-state index in [-0.39, 0.29) is 21.7 Å². The summed E-state index contributed by atoms with van der Waals surface area (Å²) >= 11 is 3.58. The minimum absolute atomic E-state index is 0.00169. The minimum atomic E-state index is -0.376. The van der Waals surface area contributed by atoms with Gasteiger partial charge in [-0.15, -0.1) is 0 Å². The highest BCUT2D eigenvalue weighted by molar-refractivity contribution is 9.09. The molecule has 2 aliphatic rings. The van der Waals surface area contributed by atoms with Crippen LogP contribution in [0.2, 0.25) is 0 Å². The fourth-order valence-corrected chi connectivity index (χ4v) is 5.19. The third-order valence-electron chi connectivity index (χ3n) is 6.14. The second-order valence-corrected chi connectivity index (χ2v) is 8.08. The van der Waals surface area contributed by atoms with Crippen molar-refractivity contribution in [3.8, 4) is 0 Å². The van der Waals surface area contributed by atoms with E-state index in [0.29, 0.717) is 17.4 Å². The maximum Gasteiger partial charge on any atom is 0.145 e. The fraction of sp³-hybridized carbons (Fsp3) is 0.588. The van der Waals surface area contributed by atoms with Gasteiger partial charge >= 0.3 is 0 Å². The number of carbonyl (C=O) groups is 1. The van der Waals surface area contributed by atoms with Crippen molar-refractivity contribution < 1.29 is 10.0 Å². The Morgan fingerprint density at radius 3 is 2.43 bits per heavy atom. The second-order valence-electron chi connectivity index (χ2n) is 7.14. The molecule has 4 heteroatoms. The first-order valence-corrected chi connectivity index (χ1v) is 8.44. The van der Waals surface area contributed by atoms with E-state index < -0.39 is 0 Å². The van der Waals surface area contributed by atoms with Gasteiger partial charge in [-0.25, -0.2) is 5.06 Å². The van der Waals surface area contributed by atoms with E-state index in [1.807, 2.05) is 30.3 Å². The van der Waals surface area contributed by atoms with Crippen molar-refractivity contribution in [1.82, 2.24) is 0 Å². The summed E-state index contributed by atoms with van der Waals surface area (Å²) in [6.45, 7) is 6.50. The number of nitrogens with zero attached hydrogens (tertiary/aromatic N) is 1. The topological polar surface area (TPSA) is 40.5 Å². The first-order valence-electron chi connectivity index (χ1n) is 7.52. The van der Waals surface area contributed by atoms with Gasteiger partial charge in [0.25, 0.3) is 0 Å². The van der Waals surface area contributed by atoms with Gasteiger partial charge in [0.05, 0.1) is 11.6 Å². The lowest BCUT2D eigenvalue weighted by molar-refractivity contribution is -0.131. The lowest BCUT2D eigenvalue weighted by Crippen LogP contribution is -2.42. The molecule has 0 radical (unpaired) electrons. The molecule has 3 nitrogen and oxygen atoms in total. The van der Waals surface area contributed by atoms with Crippen LogP contribution in [-0.4, -0.2) is 15.9 Å². The van der Waals surface area contributed by atoms with Crippen LogP contribution in [0.25, 0.3) is 0 Å². The highest BCUT2D eigenvalue weighted by Gasteiger charge is 2.67. The van der Waals surface area contributed by atoms with Gasteiger partial charge in [-0.05, 0) is 36.3 Å². The normalized spacial score (nSPS) is 35.0. The molecule has 0 heterocycles. The van der Waals surface area contributed by atoms with E-state index in [4.69, 9.17) is 0 Å². The SMILES string of the molecule is CC1(C)[C@@H]2CC[C@@]1(C)C(=O)[C@@H]2[C@H](Br)N(O)c1ccccc1. The van der Waals surface area contributed by atoms with Crippen LogP contribution in [0.4, 0.5) is 5.69 Å². The average Bonchev–Trinajstić information content (AvgIpc) is 2.79. The molecule has 114 valence electrons. The lowest BCUT2D eigenvalue weighted by atomic mass is 9.70. The number of hydrogen-bond donors (Lipinski definition) is 1. The fourth-order valence-electron chi connectivity index (χ4n) is 4.35. The molecule has 0 saturated heterocycles. The van der Waals surface area contributed by atoms with Crippen molar-refractivity contribution in [2.75, 3.05) is 5.06 Å². The third kappa shape index (κ3) is 1.92. The van der Waals surface area contributed by atoms with Crippen LogP contribution in [0, 0.1) is 22.7 Å². The largest absolute Gasteiger partial charge is 0.299 e. The molecule has 1 N–H and O–H groups in total. The summed E-state index contributed by atoms with van der Waals surface area (Å²) < 4.78 is 0. The number of anilines is 1. The number of hydroxylamine groups is 1. The van der Waals surface area contributed by atoms with Crippen LogP contribution in [0.5, 0.6) is 0 Å². The van der Waals surface area contributed by atoms with Gasteiger partial charge < -0.3 is 0 Å². The monoisotopic (exact) mass is 351 g/mol. The average molecular weight is 352 g/mol. The highest BCUT2D eigenvalue weighted by atomic mass is 79.9. The van der Waals surface area contributed by atoms with Crippen LogP contribution in [0.3, 0.4) is 0 Å². The van der Waals surface area contributed by atoms with Gasteiger partial charge in [0, 0.05) is 5.41 Å². The Bertz CT molecular complexity index is 559. The summed E-state index contributed by atoms with van der Waals surface area (Å²) in [6, 6.07) is 9.36. The number of hydrogen-bond acceptors (Lipinski definition) is 3. The van der Waals surface area contributed by atoms with Gasteiger partial charge in [-0.3, -0.25) is 10.0 Å². The number of benzene rings is 1. The molecular formula is C17H22BrNO2. The Kier molecular flexibility index (Phi) is 3.45. The highest BCUT2D eigenvalue weighted by Crippen LogP contribution is 2.66. The molecule has 2 bridgehead atoms. The van der Waals surface area contributed by atoms with Crippen molar-refractivity contribution in [1.29, 1.82) is 0 Å². The molecule has 1 aromatic carbocycles. The molecule has 0 unspecified atom stereocenters. The van der Waals surface area contributed by atoms with Gasteiger partial charge in [0.15, 0.2) is 0 Å². The van der Waals surface area contributed by atoms with Crippen molar-refractivity contribution >= 4 is 27.4 Å². The maximum absolute atomic E-state index is 12.9. The molecule has 0 amide bonds. The van der Waals surface area contributed by atoms with Crippen molar-refractivity contribution in [2.24, 2.45) is 22.7 Å². The number of ketones is 1. The van der Waals surface area contributed by atoms with E-state index in [0.717, 1.165) is 12.8 Å². The number of carbonyl (C=O) groups excluding carboxylic acids is 1. The van der Waals surface area contributed by atoms with Crippen LogP contribution >= 0.6 is 15.9 Å². The van der Waals surface area contributed by atoms with Crippen molar-refractivity contribution in [3.05, 3.63) is 30.3 Å². The molecule has 0 aromatic heterocycles. The van der Waals surface area contributed by atoms with Crippen molar-refractivity contribution in [3.63, 3.8) is 0 Å². The van der Waals surface area contributed by atoms with Crippen LogP contribution in [-0.2, 0) is 4.79 Å². The van der Waals surface area contributed by atoms with E-state index >= 15 is 0 Å². The zero-order chi connectivity index (χ0) is 15.4. The Labute approximate surface area is 134 Å². The van der Waals surface area contributed by atoms with Crippen LogP contribution in [0.1, 0.15) is 33.6 Å². The van der Waals surface area contributed by atoms with Crippen molar-refractivity contribution in [2.45, 2.75) is 38.6 Å². The molecule has 2 fully saturated rings. The van der Waals surface area contributed by atoms with E-state index in [1.165, 1.54) is 5.06 Å². The molecule has 21 heavy (non-hydrogen) atoms. The predicted octanol–water partition coefficient (Wildman–Crippen LogP) is 4.24. The second kappa shape index (κ2) is 4.82. The first kappa shape index (κ1) is 15.0. The number of fused-ring (bicyclic) bond motifs is 2. The standard InChI is InChI=1S/C17H22BrNO2/c1-16(2)12-9-10-17(16,3)14(20)13(12)15(18)19(21)11-7-5-4-6-8-11/h4-8,12-13,15,21H,9-10H2,1-3H3/t12-,13-,15-,17+/m1/s1. The third-order valence-corrected chi connectivity index (χ3v) is 7.09. The molecule has 2 saturated carbocycles. The molecule has 0 spiro atoms. The summed E-state index contributed by atoms with van der Waals surface area (Å²) in [6.07, 6.45) is 2.03. The van der Waals surface area contributed by atoms with Gasteiger partial charge in [0.2, 0.25) is 0 Å². The number of Topliss-reactive ketones (excluding diaryl/α,β-unsaturated/α-hetero) is 1. The number of halogens is 1. The van der Waals surface area contributed by atoms with Gasteiger partial charge in [0.1, 0.15) is 10.7 Å². The van der Waals surface area contributed by atoms with Gasteiger partial charge in [-0.2, -0.15) is 0 Å². The van der Waals surface area contributed by atoms with E-state index in [1.54, 1.807) is 0 Å². The minimum Gasteiger partial charge on any atom is -0.299 e. The van der Waals surface area contributed by atoms with Crippen LogP contribution in [0.15, 0.2) is 30.3 Å². The predicted molar refractivity (Wildman–Crippen MR) is 86.5 cm³/mol. The summed E-state index contributed by atoms with van der Waals surface area (Å²) in [5.41, 5.74) is 0.447. The number of rotatable bonds is 3.